The number of aryl methyl sites for hydroxylation is 1. The molecule has 1 aliphatic carbocycles. The third-order valence-electron chi connectivity index (χ3n) is 8.12. The highest BCUT2D eigenvalue weighted by Crippen LogP contribution is 2.53. The van der Waals surface area contributed by atoms with Gasteiger partial charge in [0.15, 0.2) is 5.82 Å². The molecule has 0 radical (unpaired) electrons. The van der Waals surface area contributed by atoms with Gasteiger partial charge in [0.25, 0.3) is 5.56 Å². The summed E-state index contributed by atoms with van der Waals surface area (Å²) in [7, 11) is 0. The zero-order valence-corrected chi connectivity index (χ0v) is 23.5. The summed E-state index contributed by atoms with van der Waals surface area (Å²) in [4.78, 5) is 34.9. The summed E-state index contributed by atoms with van der Waals surface area (Å²) < 4.78 is 19.9. The zero-order chi connectivity index (χ0) is 27.6. The Bertz CT molecular complexity index is 1760. The number of carbonyl (C=O) groups is 1. The van der Waals surface area contributed by atoms with Gasteiger partial charge in [-0.2, -0.15) is 5.26 Å². The van der Waals surface area contributed by atoms with Gasteiger partial charge in [-0.15, -0.1) is 11.8 Å². The quantitative estimate of drug-likeness (QED) is 0.292. The Kier molecular flexibility index (Phi) is 6.38. The van der Waals surface area contributed by atoms with Crippen LogP contribution >= 0.6 is 27.7 Å². The number of nitriles is 1. The fourth-order valence-corrected chi connectivity index (χ4v) is 7.35. The van der Waals surface area contributed by atoms with Crippen LogP contribution in [0.2, 0.25) is 0 Å². The molecule has 1 saturated carbocycles. The minimum absolute atomic E-state index is 0.0983. The second-order valence-corrected chi connectivity index (χ2v) is 11.6. The fourth-order valence-electron chi connectivity index (χ4n) is 6.29. The van der Waals surface area contributed by atoms with Gasteiger partial charge in [0.1, 0.15) is 10.5 Å². The van der Waals surface area contributed by atoms with Crippen molar-refractivity contribution in [3.63, 3.8) is 0 Å². The first-order valence-electron chi connectivity index (χ1n) is 12.5. The fraction of sp³-hybridized carbons (Fsp3) is 0.370. The van der Waals surface area contributed by atoms with Gasteiger partial charge in [-0.05, 0) is 59.6 Å². The molecule has 200 valence electrons. The lowest BCUT2D eigenvalue weighted by Gasteiger charge is -2.39. The average Bonchev–Trinajstić information content (AvgIpc) is 3.63. The molecule has 5 heterocycles. The van der Waals surface area contributed by atoms with Gasteiger partial charge in [0.05, 0.1) is 40.4 Å². The molecule has 1 N–H and O–H groups in total. The highest BCUT2D eigenvalue weighted by atomic mass is 79.9. The van der Waals surface area contributed by atoms with Crippen LogP contribution in [0.3, 0.4) is 0 Å². The van der Waals surface area contributed by atoms with Crippen LogP contribution in [0, 0.1) is 23.1 Å². The Morgan fingerprint density at radius 2 is 2.18 bits per heavy atom. The normalized spacial score (nSPS) is 20.8. The third-order valence-corrected chi connectivity index (χ3v) is 9.67. The lowest BCUT2D eigenvalue weighted by molar-refractivity contribution is 0.123. The number of halogens is 2. The molecule has 3 aromatic heterocycles. The maximum absolute atomic E-state index is 15.8. The molecule has 0 spiro atoms. The van der Waals surface area contributed by atoms with Crippen LogP contribution in [-0.2, 0) is 6.42 Å². The molecule has 0 unspecified atom stereocenters. The summed E-state index contributed by atoms with van der Waals surface area (Å²) >= 11 is 4.79. The summed E-state index contributed by atoms with van der Waals surface area (Å²) in [5, 5.41) is 21.1. The molecule has 2 aliphatic heterocycles. The number of benzene rings is 1. The number of pyridine rings is 1. The summed E-state index contributed by atoms with van der Waals surface area (Å²) in [6.07, 6.45) is 6.75. The molecule has 12 heteroatoms. The molecule has 9 nitrogen and oxygen atoms in total. The first kappa shape index (κ1) is 25.8. The van der Waals surface area contributed by atoms with E-state index < -0.39 is 18.0 Å². The van der Waals surface area contributed by atoms with Crippen LogP contribution in [0.25, 0.3) is 21.8 Å². The SMILES string of the molecule is CSc1nc2c(F)c(Br)c(CCC#N)cc2c2c1cc([C@@H](C)n1ccncc1=O)n2[C@H]1[C@@H]2C[C@H]1N(C(=O)O)C2. The van der Waals surface area contributed by atoms with Crippen molar-refractivity contribution in [2.75, 3.05) is 12.8 Å². The Hall–Kier alpha value is -3.43. The van der Waals surface area contributed by atoms with Crippen molar-refractivity contribution in [1.29, 1.82) is 5.26 Å². The second-order valence-electron chi connectivity index (χ2n) is 10.0. The van der Waals surface area contributed by atoms with Crippen LogP contribution in [0.4, 0.5) is 9.18 Å². The molecule has 1 aromatic carbocycles. The molecule has 7 rings (SSSR count). The lowest BCUT2D eigenvalue weighted by Crippen LogP contribution is -2.43. The Morgan fingerprint density at radius 1 is 1.38 bits per heavy atom. The molecule has 39 heavy (non-hydrogen) atoms. The first-order chi connectivity index (χ1) is 18.8. The molecule has 2 saturated heterocycles. The topological polar surface area (TPSA) is 117 Å². The smallest absolute Gasteiger partial charge is 0.407 e. The minimum atomic E-state index is -0.952. The van der Waals surface area contributed by atoms with Crippen LogP contribution < -0.4 is 5.56 Å². The number of fused-ring (bicyclic) bond motifs is 4. The number of hydrogen-bond acceptors (Lipinski definition) is 6. The number of rotatable bonds is 6. The number of carboxylic acid groups (broad SMARTS) is 1. The number of aromatic nitrogens is 4. The van der Waals surface area contributed by atoms with E-state index in [0.29, 0.717) is 33.4 Å². The van der Waals surface area contributed by atoms with Crippen LogP contribution in [-0.4, -0.2) is 54.0 Å². The Labute approximate surface area is 235 Å². The number of thioether (sulfide) groups is 1. The predicted octanol–water partition coefficient (Wildman–Crippen LogP) is 5.36. The van der Waals surface area contributed by atoms with E-state index in [9.17, 15) is 14.7 Å². The van der Waals surface area contributed by atoms with Crippen molar-refractivity contribution >= 4 is 55.6 Å². The number of hydrogen-bond donors (Lipinski definition) is 1. The van der Waals surface area contributed by atoms with Gasteiger partial charge < -0.3 is 19.1 Å². The monoisotopic (exact) mass is 610 g/mol. The van der Waals surface area contributed by atoms with E-state index in [4.69, 9.17) is 10.2 Å². The van der Waals surface area contributed by atoms with Crippen LogP contribution in [0.15, 0.2) is 45.0 Å². The number of amides is 1. The highest BCUT2D eigenvalue weighted by Gasteiger charge is 2.55. The Balaban J connectivity index is 1.70. The first-order valence-corrected chi connectivity index (χ1v) is 14.6. The predicted molar refractivity (Wildman–Crippen MR) is 149 cm³/mol. The van der Waals surface area contributed by atoms with Crippen molar-refractivity contribution in [1.82, 2.24) is 24.0 Å². The molecule has 2 bridgehead atoms. The number of nitrogens with zero attached hydrogens (tertiary/aromatic N) is 6. The third kappa shape index (κ3) is 3.85. The lowest BCUT2D eigenvalue weighted by atomic mass is 9.79. The van der Waals surface area contributed by atoms with E-state index in [-0.39, 0.29) is 35.5 Å². The highest BCUT2D eigenvalue weighted by molar-refractivity contribution is 9.10. The van der Waals surface area contributed by atoms with Crippen molar-refractivity contribution in [3.05, 3.63) is 62.6 Å². The average molecular weight is 611 g/mol. The van der Waals surface area contributed by atoms with E-state index in [1.165, 1.54) is 22.9 Å². The van der Waals surface area contributed by atoms with Gasteiger partial charge in [-0.3, -0.25) is 9.78 Å². The molecule has 4 aromatic rings. The standard InChI is InChI=1S/C27H24BrFN6O3S/c1-13(33-7-6-31-11-20(33)36)18-10-17-25(35(18)24-15-9-19(24)34(12-15)27(37)38)16-8-14(4-3-5-30)21(28)22(29)23(16)32-26(17)39-2/h6-8,10-11,13,15,19,24H,3-4,9,12H2,1-2H3,(H,37,38)/t13-,15-,19-,24+/m1/s1. The van der Waals surface area contributed by atoms with Gasteiger partial charge >= 0.3 is 6.09 Å². The van der Waals surface area contributed by atoms with E-state index in [2.05, 4.69) is 31.6 Å². The van der Waals surface area contributed by atoms with Crippen LogP contribution in [0.5, 0.6) is 0 Å². The van der Waals surface area contributed by atoms with Crippen molar-refractivity contribution in [2.45, 2.75) is 49.3 Å². The van der Waals surface area contributed by atoms with Gasteiger partial charge in [-0.1, -0.05) is 0 Å². The molecular weight excluding hydrogens is 587 g/mol. The van der Waals surface area contributed by atoms with Gasteiger partial charge in [0.2, 0.25) is 0 Å². The maximum Gasteiger partial charge on any atom is 0.407 e. The largest absolute Gasteiger partial charge is 0.465 e. The zero-order valence-electron chi connectivity index (χ0n) is 21.1. The maximum atomic E-state index is 15.8. The molecule has 4 atom stereocenters. The van der Waals surface area contributed by atoms with Crippen molar-refractivity contribution in [3.8, 4) is 6.07 Å². The summed E-state index contributed by atoms with van der Waals surface area (Å²) in [6.45, 7) is 2.35. The summed E-state index contributed by atoms with van der Waals surface area (Å²) in [5.74, 6) is -0.393. The van der Waals surface area contributed by atoms with Crippen molar-refractivity contribution in [2.24, 2.45) is 5.92 Å². The molecule has 3 aliphatic rings. The molecule has 3 fully saturated rings. The molecule has 1 amide bonds. The van der Waals surface area contributed by atoms with Gasteiger partial charge in [-0.25, -0.2) is 14.2 Å². The Morgan fingerprint density at radius 3 is 2.85 bits per heavy atom. The van der Waals surface area contributed by atoms with E-state index in [1.54, 1.807) is 17.0 Å². The second kappa shape index (κ2) is 9.64. The minimum Gasteiger partial charge on any atom is -0.465 e. The van der Waals surface area contributed by atoms with Crippen LogP contribution in [0.1, 0.15) is 43.1 Å². The molecular formula is C27H24BrFN6O3S. The van der Waals surface area contributed by atoms with E-state index in [0.717, 1.165) is 23.0 Å². The van der Waals surface area contributed by atoms with Gasteiger partial charge in [0, 0.05) is 47.7 Å². The van der Waals surface area contributed by atoms with E-state index in [1.807, 2.05) is 25.3 Å². The summed E-state index contributed by atoms with van der Waals surface area (Å²) in [6, 6.07) is 5.22. The summed E-state index contributed by atoms with van der Waals surface area (Å²) in [5.41, 5.74) is 2.20. The van der Waals surface area contributed by atoms with Crippen molar-refractivity contribution < 1.29 is 14.3 Å². The van der Waals surface area contributed by atoms with E-state index >= 15 is 4.39 Å².